The third-order valence-corrected chi connectivity index (χ3v) is 5.59. The summed E-state index contributed by atoms with van der Waals surface area (Å²) in [6.07, 6.45) is 0.900. The summed E-state index contributed by atoms with van der Waals surface area (Å²) in [6, 6.07) is 5.08. The number of hydrogen-bond acceptors (Lipinski definition) is 6. The number of anilines is 1. The Kier molecular flexibility index (Phi) is 7.48. The molecule has 0 atom stereocenters. The van der Waals surface area contributed by atoms with Gasteiger partial charge in [0.15, 0.2) is 11.6 Å². The molecule has 0 spiro atoms. The van der Waals surface area contributed by atoms with Crippen molar-refractivity contribution in [1.29, 1.82) is 0 Å². The fraction of sp³-hybridized carbons (Fsp3) is 0.471. The fourth-order valence-corrected chi connectivity index (χ4v) is 3.48. The van der Waals surface area contributed by atoms with Crippen LogP contribution in [0.15, 0.2) is 18.2 Å². The molecule has 1 aliphatic rings. The molecule has 152 valence electrons. The summed E-state index contributed by atoms with van der Waals surface area (Å²) in [5.74, 6) is 0.824. The zero-order valence-electron chi connectivity index (χ0n) is 14.8. The van der Waals surface area contributed by atoms with Gasteiger partial charge in [-0.3, -0.25) is 4.90 Å². The lowest BCUT2D eigenvalue weighted by Crippen LogP contribution is -2.33. The van der Waals surface area contributed by atoms with E-state index in [0.717, 1.165) is 26.1 Å². The van der Waals surface area contributed by atoms with Gasteiger partial charge in [-0.05, 0) is 31.2 Å². The molecular formula is C17H18Cl5N5O. The minimum Gasteiger partial charge on any atom is -0.395 e. The molecule has 0 bridgehead atoms. The first-order valence-corrected chi connectivity index (χ1v) is 10.5. The molecule has 0 unspecified atom stereocenters. The van der Waals surface area contributed by atoms with E-state index < -0.39 is 3.79 Å². The van der Waals surface area contributed by atoms with Crippen molar-refractivity contribution in [3.63, 3.8) is 0 Å². The highest BCUT2D eigenvalue weighted by atomic mass is 35.6. The van der Waals surface area contributed by atoms with Gasteiger partial charge in [-0.25, -0.2) is 4.98 Å². The van der Waals surface area contributed by atoms with Crippen LogP contribution in [0.2, 0.25) is 10.0 Å². The van der Waals surface area contributed by atoms with Crippen LogP contribution >= 0.6 is 58.0 Å². The van der Waals surface area contributed by atoms with Crippen LogP contribution in [0.5, 0.6) is 0 Å². The Morgan fingerprint density at radius 3 is 2.43 bits per heavy atom. The number of aliphatic hydroxyl groups is 1. The Labute approximate surface area is 188 Å². The van der Waals surface area contributed by atoms with Crippen LogP contribution in [0.25, 0.3) is 11.4 Å². The number of nitrogens with zero attached hydrogens (tertiary/aromatic N) is 5. The van der Waals surface area contributed by atoms with Gasteiger partial charge < -0.3 is 10.0 Å². The average Bonchev–Trinajstić information content (AvgIpc) is 2.89. The van der Waals surface area contributed by atoms with Gasteiger partial charge in [0.25, 0.3) is 0 Å². The Bertz CT molecular complexity index is 832. The maximum atomic E-state index is 9.17. The number of aromatic nitrogens is 3. The molecule has 1 aromatic heterocycles. The Hall–Kier alpha value is -0.600. The predicted octanol–water partition coefficient (Wildman–Crippen LogP) is 4.18. The smallest absolute Gasteiger partial charge is 0.250 e. The number of aliphatic hydroxyl groups excluding tert-OH is 1. The molecule has 1 fully saturated rings. The van der Waals surface area contributed by atoms with Crippen LogP contribution in [0.1, 0.15) is 12.2 Å². The quantitative estimate of drug-likeness (QED) is 0.656. The second kappa shape index (κ2) is 9.47. The maximum Gasteiger partial charge on any atom is 0.250 e. The van der Waals surface area contributed by atoms with Gasteiger partial charge in [-0.15, -0.1) is 0 Å². The number of rotatable bonds is 4. The average molecular weight is 486 g/mol. The van der Waals surface area contributed by atoms with Crippen molar-refractivity contribution in [2.45, 2.75) is 10.2 Å². The fourth-order valence-electron chi connectivity index (χ4n) is 2.93. The van der Waals surface area contributed by atoms with Gasteiger partial charge in [-0.1, -0.05) is 58.0 Å². The molecule has 0 amide bonds. The lowest BCUT2D eigenvalue weighted by molar-refractivity contribution is 0.204. The van der Waals surface area contributed by atoms with Crippen molar-refractivity contribution in [3.05, 3.63) is 34.1 Å². The van der Waals surface area contributed by atoms with Crippen molar-refractivity contribution in [2.24, 2.45) is 0 Å². The van der Waals surface area contributed by atoms with E-state index in [9.17, 15) is 5.11 Å². The monoisotopic (exact) mass is 483 g/mol. The third kappa shape index (κ3) is 5.51. The highest BCUT2D eigenvalue weighted by Crippen LogP contribution is 2.37. The molecule has 2 aromatic rings. The molecular weight excluding hydrogens is 467 g/mol. The van der Waals surface area contributed by atoms with Crippen LogP contribution < -0.4 is 4.90 Å². The number of β-amino-alcohol motifs (C(OH)–C–C–N with tert-alkyl or cyclic N) is 1. The van der Waals surface area contributed by atoms with Crippen molar-refractivity contribution in [1.82, 2.24) is 19.9 Å². The summed E-state index contributed by atoms with van der Waals surface area (Å²) in [7, 11) is 0. The Balaban J connectivity index is 1.97. The van der Waals surface area contributed by atoms with Gasteiger partial charge in [0.2, 0.25) is 9.74 Å². The SMILES string of the molecule is OCCN1CCCN(c2nc(-c3ccc(Cl)c(Cl)c3)nc(C(Cl)(Cl)Cl)n2)CC1. The van der Waals surface area contributed by atoms with E-state index in [1.165, 1.54) is 0 Å². The van der Waals surface area contributed by atoms with Crippen LogP contribution in [0, 0.1) is 0 Å². The minimum atomic E-state index is -1.79. The van der Waals surface area contributed by atoms with Gasteiger partial charge >= 0.3 is 0 Å². The normalized spacial score (nSPS) is 16.3. The van der Waals surface area contributed by atoms with Crippen LogP contribution in [0.4, 0.5) is 5.95 Å². The minimum absolute atomic E-state index is 0.0417. The predicted molar refractivity (Wildman–Crippen MR) is 115 cm³/mol. The van der Waals surface area contributed by atoms with E-state index in [1.54, 1.807) is 18.2 Å². The summed E-state index contributed by atoms with van der Waals surface area (Å²) in [6.45, 7) is 3.86. The largest absolute Gasteiger partial charge is 0.395 e. The summed E-state index contributed by atoms with van der Waals surface area (Å²) >= 11 is 30.3. The molecule has 0 saturated carbocycles. The molecule has 11 heteroatoms. The number of hydrogen-bond donors (Lipinski definition) is 1. The molecule has 1 aromatic carbocycles. The van der Waals surface area contributed by atoms with Crippen molar-refractivity contribution < 1.29 is 5.11 Å². The molecule has 1 saturated heterocycles. The first-order chi connectivity index (χ1) is 13.3. The first-order valence-electron chi connectivity index (χ1n) is 8.65. The molecule has 1 N–H and O–H groups in total. The Morgan fingerprint density at radius 2 is 1.75 bits per heavy atom. The van der Waals surface area contributed by atoms with E-state index in [2.05, 4.69) is 19.9 Å². The highest BCUT2D eigenvalue weighted by Gasteiger charge is 2.30. The Morgan fingerprint density at radius 1 is 0.964 bits per heavy atom. The highest BCUT2D eigenvalue weighted by molar-refractivity contribution is 6.66. The number of alkyl halides is 3. The van der Waals surface area contributed by atoms with Crippen molar-refractivity contribution in [2.75, 3.05) is 44.2 Å². The standard InChI is InChI=1S/C17H18Cl5N5O/c18-12-3-2-11(10-13(12)19)14-23-15(17(20,21)22)25-16(24-14)27-5-1-4-26(6-7-27)8-9-28/h2-3,10,28H,1,4-9H2. The van der Waals surface area contributed by atoms with Gasteiger partial charge in [0.05, 0.1) is 16.7 Å². The maximum absolute atomic E-state index is 9.17. The van der Waals surface area contributed by atoms with Gasteiger partial charge in [-0.2, -0.15) is 9.97 Å². The zero-order chi connectivity index (χ0) is 20.3. The lowest BCUT2D eigenvalue weighted by atomic mass is 10.2. The molecule has 6 nitrogen and oxygen atoms in total. The van der Waals surface area contributed by atoms with Crippen molar-refractivity contribution >= 4 is 64.0 Å². The topological polar surface area (TPSA) is 65.4 Å². The zero-order valence-corrected chi connectivity index (χ0v) is 18.5. The summed E-state index contributed by atoms with van der Waals surface area (Å²) in [4.78, 5) is 17.5. The van der Waals surface area contributed by atoms with E-state index >= 15 is 0 Å². The molecule has 3 rings (SSSR count). The van der Waals surface area contributed by atoms with Gasteiger partial charge in [0, 0.05) is 31.7 Å². The van der Waals surface area contributed by atoms with Crippen LogP contribution in [-0.2, 0) is 3.79 Å². The van der Waals surface area contributed by atoms with E-state index in [-0.39, 0.29) is 12.4 Å². The van der Waals surface area contributed by atoms with E-state index in [1.807, 2.05) is 4.90 Å². The summed E-state index contributed by atoms with van der Waals surface area (Å²) < 4.78 is -1.79. The summed E-state index contributed by atoms with van der Waals surface area (Å²) in [5.41, 5.74) is 0.644. The van der Waals surface area contributed by atoms with Gasteiger partial charge in [0.1, 0.15) is 0 Å². The van der Waals surface area contributed by atoms with Crippen LogP contribution in [0.3, 0.4) is 0 Å². The summed E-state index contributed by atoms with van der Waals surface area (Å²) in [5, 5.41) is 9.98. The third-order valence-electron chi connectivity index (χ3n) is 4.34. The second-order valence-corrected chi connectivity index (χ2v) is 9.41. The first kappa shape index (κ1) is 22.1. The molecule has 1 aliphatic heterocycles. The number of halogens is 5. The van der Waals surface area contributed by atoms with E-state index in [4.69, 9.17) is 58.0 Å². The van der Waals surface area contributed by atoms with E-state index in [0.29, 0.717) is 40.5 Å². The molecule has 0 radical (unpaired) electrons. The lowest BCUT2D eigenvalue weighted by Gasteiger charge is -2.23. The molecule has 0 aliphatic carbocycles. The second-order valence-electron chi connectivity index (χ2n) is 6.32. The van der Waals surface area contributed by atoms with Crippen molar-refractivity contribution in [3.8, 4) is 11.4 Å². The molecule has 2 heterocycles. The molecule has 28 heavy (non-hydrogen) atoms. The van der Waals surface area contributed by atoms with Crippen LogP contribution in [-0.4, -0.2) is 64.3 Å². The number of benzene rings is 1.